The fraction of sp³-hybridized carbons (Fsp3) is 0.118. The van der Waals surface area contributed by atoms with E-state index in [2.05, 4.69) is 16.0 Å². The van der Waals surface area contributed by atoms with E-state index < -0.39 is 17.1 Å². The number of amides is 3. The van der Waals surface area contributed by atoms with Crippen LogP contribution in [0.4, 0.5) is 11.4 Å². The number of hydrogen-bond donors (Lipinski definition) is 3. The lowest BCUT2D eigenvalue weighted by molar-refractivity contribution is -0.115. The number of hydrogen-bond acceptors (Lipinski definition) is 6. The van der Waals surface area contributed by atoms with Gasteiger partial charge in [-0.15, -0.1) is 11.8 Å². The fourth-order valence-corrected chi connectivity index (χ4v) is 4.86. The SMILES string of the molecule is COc1ccccc1/C=C(\NC(=O)c1ccccc1)C(=O)Nc1ccc(SC(C)C(=O)Nc2ccc(C(C)=O)cc2)cc1. The van der Waals surface area contributed by atoms with Crippen molar-refractivity contribution >= 4 is 52.7 Å². The van der Waals surface area contributed by atoms with Crippen molar-refractivity contribution in [3.05, 3.63) is 126 Å². The zero-order valence-electron chi connectivity index (χ0n) is 23.9. The Morgan fingerprint density at radius 1 is 0.744 bits per heavy atom. The number of methoxy groups -OCH3 is 1. The number of ketones is 1. The monoisotopic (exact) mass is 593 g/mol. The lowest BCUT2D eigenvalue weighted by atomic mass is 10.1. The quantitative estimate of drug-likeness (QED) is 0.105. The molecule has 0 aliphatic rings. The molecule has 8 nitrogen and oxygen atoms in total. The summed E-state index contributed by atoms with van der Waals surface area (Å²) in [4.78, 5) is 51.3. The molecule has 3 N–H and O–H groups in total. The van der Waals surface area contributed by atoms with E-state index in [0.717, 1.165) is 4.90 Å². The van der Waals surface area contributed by atoms with Crippen LogP contribution in [-0.2, 0) is 9.59 Å². The highest BCUT2D eigenvalue weighted by Crippen LogP contribution is 2.26. The summed E-state index contributed by atoms with van der Waals surface area (Å²) in [7, 11) is 1.53. The van der Waals surface area contributed by atoms with Crippen molar-refractivity contribution in [2.45, 2.75) is 24.0 Å². The fourth-order valence-electron chi connectivity index (χ4n) is 3.99. The van der Waals surface area contributed by atoms with E-state index in [-0.39, 0.29) is 17.4 Å². The topological polar surface area (TPSA) is 114 Å². The second kappa shape index (κ2) is 14.7. The van der Waals surface area contributed by atoms with Gasteiger partial charge in [-0.25, -0.2) is 0 Å². The van der Waals surface area contributed by atoms with E-state index in [1.54, 1.807) is 104 Å². The summed E-state index contributed by atoms with van der Waals surface area (Å²) < 4.78 is 5.41. The molecule has 0 spiro atoms. The number of anilines is 2. The van der Waals surface area contributed by atoms with Crippen LogP contribution >= 0.6 is 11.8 Å². The predicted molar refractivity (Wildman–Crippen MR) is 170 cm³/mol. The normalized spacial score (nSPS) is 11.7. The van der Waals surface area contributed by atoms with Gasteiger partial charge in [-0.2, -0.15) is 0 Å². The number of benzene rings is 4. The number of nitrogens with one attached hydrogen (secondary N) is 3. The van der Waals surface area contributed by atoms with Gasteiger partial charge >= 0.3 is 0 Å². The van der Waals surface area contributed by atoms with Crippen LogP contribution < -0.4 is 20.7 Å². The molecule has 43 heavy (non-hydrogen) atoms. The molecule has 0 saturated carbocycles. The van der Waals surface area contributed by atoms with Crippen molar-refractivity contribution in [1.82, 2.24) is 5.32 Å². The Labute approximate surface area is 254 Å². The molecule has 0 aromatic heterocycles. The van der Waals surface area contributed by atoms with Gasteiger partial charge in [0.2, 0.25) is 5.91 Å². The lowest BCUT2D eigenvalue weighted by Gasteiger charge is -2.14. The van der Waals surface area contributed by atoms with Crippen molar-refractivity contribution in [3.63, 3.8) is 0 Å². The Bertz CT molecular complexity index is 1640. The van der Waals surface area contributed by atoms with Crippen LogP contribution in [-0.4, -0.2) is 35.9 Å². The van der Waals surface area contributed by atoms with Crippen LogP contribution in [0.5, 0.6) is 5.75 Å². The second-order valence-electron chi connectivity index (χ2n) is 9.48. The first kappa shape index (κ1) is 30.8. The molecule has 4 aromatic carbocycles. The van der Waals surface area contributed by atoms with Crippen LogP contribution in [0.2, 0.25) is 0 Å². The van der Waals surface area contributed by atoms with E-state index in [0.29, 0.717) is 33.8 Å². The molecule has 218 valence electrons. The standard InChI is InChI=1S/C34H31N3O5S/c1-22(38)24-13-15-27(16-14-24)35-32(39)23(2)43-29-19-17-28(18-20-29)36-34(41)30(21-26-11-7-8-12-31(26)42-3)37-33(40)25-9-5-4-6-10-25/h4-21,23H,1-3H3,(H,35,39)(H,36,41)(H,37,40)/b30-21-. The Balaban J connectivity index is 1.43. The molecule has 3 amide bonds. The maximum atomic E-state index is 13.4. The number of carbonyl (C=O) groups excluding carboxylic acids is 4. The molecule has 9 heteroatoms. The summed E-state index contributed by atoms with van der Waals surface area (Å²) in [5, 5.41) is 8.00. The van der Waals surface area contributed by atoms with E-state index in [4.69, 9.17) is 4.74 Å². The summed E-state index contributed by atoms with van der Waals surface area (Å²) in [5.41, 5.74) is 2.77. The van der Waals surface area contributed by atoms with Crippen molar-refractivity contribution in [1.29, 1.82) is 0 Å². The number of para-hydroxylation sites is 1. The largest absolute Gasteiger partial charge is 0.496 e. The molecule has 4 aromatic rings. The number of thioether (sulfide) groups is 1. The van der Waals surface area contributed by atoms with Gasteiger partial charge in [0.25, 0.3) is 11.8 Å². The summed E-state index contributed by atoms with van der Waals surface area (Å²) in [6.07, 6.45) is 1.56. The second-order valence-corrected chi connectivity index (χ2v) is 10.9. The summed E-state index contributed by atoms with van der Waals surface area (Å²) in [5.74, 6) is -0.612. The van der Waals surface area contributed by atoms with Gasteiger partial charge in [0, 0.05) is 33.0 Å². The third-order valence-corrected chi connectivity index (χ3v) is 7.43. The smallest absolute Gasteiger partial charge is 0.272 e. The Morgan fingerprint density at radius 2 is 1.35 bits per heavy atom. The van der Waals surface area contributed by atoms with Crippen LogP contribution in [0, 0.1) is 0 Å². The molecule has 0 saturated heterocycles. The minimum Gasteiger partial charge on any atom is -0.496 e. The average Bonchev–Trinajstić information content (AvgIpc) is 3.02. The van der Waals surface area contributed by atoms with Gasteiger partial charge in [0.1, 0.15) is 11.4 Å². The zero-order chi connectivity index (χ0) is 30.8. The van der Waals surface area contributed by atoms with Gasteiger partial charge in [-0.1, -0.05) is 36.4 Å². The van der Waals surface area contributed by atoms with E-state index in [9.17, 15) is 19.2 Å². The predicted octanol–water partition coefficient (Wildman–Crippen LogP) is 6.43. The van der Waals surface area contributed by atoms with Crippen molar-refractivity contribution < 1.29 is 23.9 Å². The van der Waals surface area contributed by atoms with Gasteiger partial charge in [-0.3, -0.25) is 19.2 Å². The minimum absolute atomic E-state index is 0.0398. The molecule has 0 aliphatic carbocycles. The van der Waals surface area contributed by atoms with Gasteiger partial charge < -0.3 is 20.7 Å². The third-order valence-electron chi connectivity index (χ3n) is 6.32. The molecule has 4 rings (SSSR count). The number of carbonyl (C=O) groups is 4. The first-order valence-electron chi connectivity index (χ1n) is 13.4. The Kier molecular flexibility index (Phi) is 10.5. The van der Waals surface area contributed by atoms with Gasteiger partial charge in [0.15, 0.2) is 5.78 Å². The highest BCUT2D eigenvalue weighted by Gasteiger charge is 2.17. The first-order valence-corrected chi connectivity index (χ1v) is 14.3. The average molecular weight is 594 g/mol. The van der Waals surface area contributed by atoms with E-state index in [1.807, 2.05) is 12.1 Å². The van der Waals surface area contributed by atoms with Gasteiger partial charge in [0.05, 0.1) is 12.4 Å². The number of ether oxygens (including phenoxy) is 1. The van der Waals surface area contributed by atoms with Crippen molar-refractivity contribution in [2.24, 2.45) is 0 Å². The molecule has 1 unspecified atom stereocenters. The lowest BCUT2D eigenvalue weighted by Crippen LogP contribution is -2.30. The molecular weight excluding hydrogens is 562 g/mol. The Morgan fingerprint density at radius 3 is 2.00 bits per heavy atom. The summed E-state index contributed by atoms with van der Waals surface area (Å²) in [6, 6.07) is 29.6. The number of rotatable bonds is 11. The zero-order valence-corrected chi connectivity index (χ0v) is 24.7. The third kappa shape index (κ3) is 8.67. The maximum Gasteiger partial charge on any atom is 0.272 e. The molecule has 0 radical (unpaired) electrons. The molecule has 0 aliphatic heterocycles. The molecule has 0 bridgehead atoms. The highest BCUT2D eigenvalue weighted by atomic mass is 32.2. The first-order chi connectivity index (χ1) is 20.7. The van der Waals surface area contributed by atoms with Crippen molar-refractivity contribution in [3.8, 4) is 5.75 Å². The van der Waals surface area contributed by atoms with E-state index in [1.165, 1.54) is 25.8 Å². The number of Topliss-reactive ketones (excluding diaryl/α,β-unsaturated/α-hetero) is 1. The molecule has 0 fully saturated rings. The van der Waals surface area contributed by atoms with Crippen LogP contribution in [0.25, 0.3) is 6.08 Å². The molecular formula is C34H31N3O5S. The van der Waals surface area contributed by atoms with Crippen LogP contribution in [0.1, 0.15) is 40.1 Å². The highest BCUT2D eigenvalue weighted by molar-refractivity contribution is 8.00. The Hall–Kier alpha value is -5.15. The van der Waals surface area contributed by atoms with Crippen LogP contribution in [0.15, 0.2) is 114 Å². The van der Waals surface area contributed by atoms with Crippen molar-refractivity contribution in [2.75, 3.05) is 17.7 Å². The maximum absolute atomic E-state index is 13.4. The van der Waals surface area contributed by atoms with Gasteiger partial charge in [-0.05, 0) is 86.7 Å². The van der Waals surface area contributed by atoms with E-state index >= 15 is 0 Å². The summed E-state index contributed by atoms with van der Waals surface area (Å²) in [6.45, 7) is 3.29. The molecule has 1 atom stereocenters. The minimum atomic E-state index is -0.515. The van der Waals surface area contributed by atoms with Crippen LogP contribution in [0.3, 0.4) is 0 Å². The molecule has 0 heterocycles. The summed E-state index contributed by atoms with van der Waals surface area (Å²) >= 11 is 1.36.